The molecule has 4 heteroatoms. The maximum atomic E-state index is 9.72. The van der Waals surface area contributed by atoms with Crippen molar-refractivity contribution < 1.29 is 5.11 Å². The van der Waals surface area contributed by atoms with Crippen LogP contribution in [0, 0.1) is 11.8 Å². The average Bonchev–Trinajstić information content (AvgIpc) is 2.76. The number of hydrogen-bond acceptors (Lipinski definition) is 3. The molecule has 19 heavy (non-hydrogen) atoms. The standard InChI is InChI=1S/C15H27N3O/c1-12(2)8-18-10-14(7-16-18)9-17-6-4-5-15(11-17)13(3)19/h7,10,12-13,15,19H,4-6,8-9,11H2,1-3H3. The fourth-order valence-corrected chi connectivity index (χ4v) is 2.85. The zero-order chi connectivity index (χ0) is 13.8. The summed E-state index contributed by atoms with van der Waals surface area (Å²) in [5, 5.41) is 14.1. The maximum Gasteiger partial charge on any atom is 0.0552 e. The van der Waals surface area contributed by atoms with Gasteiger partial charge in [-0.05, 0) is 38.1 Å². The van der Waals surface area contributed by atoms with E-state index in [4.69, 9.17) is 0 Å². The fraction of sp³-hybridized carbons (Fsp3) is 0.800. The van der Waals surface area contributed by atoms with Crippen LogP contribution in [0.25, 0.3) is 0 Å². The lowest BCUT2D eigenvalue weighted by Gasteiger charge is -2.33. The van der Waals surface area contributed by atoms with Crippen molar-refractivity contribution in [2.75, 3.05) is 13.1 Å². The highest BCUT2D eigenvalue weighted by molar-refractivity contribution is 5.04. The Morgan fingerprint density at radius 3 is 2.89 bits per heavy atom. The number of aromatic nitrogens is 2. The van der Waals surface area contributed by atoms with Crippen LogP contribution in [0.1, 0.15) is 39.2 Å². The number of aliphatic hydroxyl groups is 1. The van der Waals surface area contributed by atoms with Gasteiger partial charge >= 0.3 is 0 Å². The third-order valence-electron chi connectivity index (χ3n) is 3.87. The Balaban J connectivity index is 1.88. The minimum Gasteiger partial charge on any atom is -0.393 e. The molecule has 0 amide bonds. The van der Waals surface area contributed by atoms with Crippen LogP contribution >= 0.6 is 0 Å². The van der Waals surface area contributed by atoms with Crippen molar-refractivity contribution in [3.05, 3.63) is 18.0 Å². The van der Waals surface area contributed by atoms with Gasteiger partial charge in [-0.25, -0.2) is 0 Å². The predicted octanol–water partition coefficient (Wildman–Crippen LogP) is 2.13. The molecule has 2 atom stereocenters. The first kappa shape index (κ1) is 14.5. The highest BCUT2D eigenvalue weighted by Crippen LogP contribution is 2.21. The van der Waals surface area contributed by atoms with Gasteiger partial charge in [0.2, 0.25) is 0 Å². The van der Waals surface area contributed by atoms with E-state index in [0.29, 0.717) is 11.8 Å². The minimum absolute atomic E-state index is 0.188. The summed E-state index contributed by atoms with van der Waals surface area (Å²) in [6, 6.07) is 0. The minimum atomic E-state index is -0.188. The Kier molecular flexibility index (Phi) is 4.99. The highest BCUT2D eigenvalue weighted by atomic mass is 16.3. The Morgan fingerprint density at radius 1 is 1.42 bits per heavy atom. The Morgan fingerprint density at radius 2 is 2.21 bits per heavy atom. The van der Waals surface area contributed by atoms with Gasteiger partial charge in [-0.2, -0.15) is 5.10 Å². The topological polar surface area (TPSA) is 41.3 Å². The monoisotopic (exact) mass is 265 g/mol. The molecular formula is C15H27N3O. The number of rotatable bonds is 5. The molecule has 2 rings (SSSR count). The van der Waals surface area contributed by atoms with Gasteiger partial charge in [0.15, 0.2) is 0 Å². The molecule has 4 nitrogen and oxygen atoms in total. The summed E-state index contributed by atoms with van der Waals surface area (Å²) in [5.41, 5.74) is 1.28. The summed E-state index contributed by atoms with van der Waals surface area (Å²) < 4.78 is 2.04. The van der Waals surface area contributed by atoms with Gasteiger partial charge < -0.3 is 5.11 Å². The Hall–Kier alpha value is -0.870. The van der Waals surface area contributed by atoms with Gasteiger partial charge in [-0.1, -0.05) is 13.8 Å². The SMILES string of the molecule is CC(C)Cn1cc(CN2CCCC(C(C)O)C2)cn1. The molecule has 0 spiro atoms. The summed E-state index contributed by atoms with van der Waals surface area (Å²) >= 11 is 0. The zero-order valence-corrected chi connectivity index (χ0v) is 12.4. The van der Waals surface area contributed by atoms with Crippen LogP contribution < -0.4 is 0 Å². The molecule has 1 aliphatic heterocycles. The largest absolute Gasteiger partial charge is 0.393 e. The van der Waals surface area contributed by atoms with E-state index in [1.807, 2.05) is 17.8 Å². The van der Waals surface area contributed by atoms with Crippen molar-refractivity contribution in [1.29, 1.82) is 0 Å². The average molecular weight is 265 g/mol. The lowest BCUT2D eigenvalue weighted by atomic mass is 9.93. The lowest BCUT2D eigenvalue weighted by Crippen LogP contribution is -2.38. The van der Waals surface area contributed by atoms with Crippen molar-refractivity contribution in [2.45, 2.75) is 52.8 Å². The van der Waals surface area contributed by atoms with E-state index in [-0.39, 0.29) is 6.10 Å². The van der Waals surface area contributed by atoms with Crippen molar-refractivity contribution in [3.63, 3.8) is 0 Å². The summed E-state index contributed by atoms with van der Waals surface area (Å²) in [6.45, 7) is 10.4. The number of likely N-dealkylation sites (tertiary alicyclic amines) is 1. The van der Waals surface area contributed by atoms with Gasteiger partial charge in [0.25, 0.3) is 0 Å². The molecule has 0 aromatic carbocycles. The van der Waals surface area contributed by atoms with Gasteiger partial charge in [0.1, 0.15) is 0 Å². The number of hydrogen-bond donors (Lipinski definition) is 1. The second-order valence-corrected chi connectivity index (χ2v) is 6.34. The van der Waals surface area contributed by atoms with E-state index in [9.17, 15) is 5.11 Å². The van der Waals surface area contributed by atoms with Crippen molar-refractivity contribution in [2.24, 2.45) is 11.8 Å². The van der Waals surface area contributed by atoms with E-state index < -0.39 is 0 Å². The molecule has 0 saturated carbocycles. The Labute approximate surface area is 116 Å². The summed E-state index contributed by atoms with van der Waals surface area (Å²) in [4.78, 5) is 2.44. The Bertz CT molecular complexity index is 386. The van der Waals surface area contributed by atoms with E-state index in [1.54, 1.807) is 0 Å². The molecule has 1 aromatic heterocycles. The first-order valence-corrected chi connectivity index (χ1v) is 7.46. The number of aliphatic hydroxyl groups excluding tert-OH is 1. The highest BCUT2D eigenvalue weighted by Gasteiger charge is 2.23. The zero-order valence-electron chi connectivity index (χ0n) is 12.4. The molecule has 108 valence electrons. The predicted molar refractivity (Wildman–Crippen MR) is 76.7 cm³/mol. The van der Waals surface area contributed by atoms with Crippen LogP contribution in [0.3, 0.4) is 0 Å². The maximum absolute atomic E-state index is 9.72. The van der Waals surface area contributed by atoms with E-state index >= 15 is 0 Å². The third-order valence-corrected chi connectivity index (χ3v) is 3.87. The molecule has 0 aliphatic carbocycles. The number of nitrogens with zero attached hydrogens (tertiary/aromatic N) is 3. The van der Waals surface area contributed by atoms with Crippen LogP contribution in [0.2, 0.25) is 0 Å². The molecular weight excluding hydrogens is 238 g/mol. The lowest BCUT2D eigenvalue weighted by molar-refractivity contribution is 0.0599. The summed E-state index contributed by atoms with van der Waals surface area (Å²) in [5.74, 6) is 1.06. The van der Waals surface area contributed by atoms with Crippen molar-refractivity contribution in [1.82, 2.24) is 14.7 Å². The van der Waals surface area contributed by atoms with Crippen LogP contribution in [0.5, 0.6) is 0 Å². The van der Waals surface area contributed by atoms with Crippen LogP contribution in [-0.4, -0.2) is 39.0 Å². The first-order chi connectivity index (χ1) is 9.04. The van der Waals surface area contributed by atoms with Crippen LogP contribution in [0.4, 0.5) is 0 Å². The second kappa shape index (κ2) is 6.53. The third kappa shape index (κ3) is 4.32. The molecule has 0 radical (unpaired) electrons. The van der Waals surface area contributed by atoms with Gasteiger partial charge in [-0.3, -0.25) is 9.58 Å². The molecule has 1 saturated heterocycles. The fourth-order valence-electron chi connectivity index (χ4n) is 2.85. The molecule has 1 aliphatic rings. The van der Waals surface area contributed by atoms with E-state index in [0.717, 1.165) is 32.6 Å². The normalized spacial score (nSPS) is 22.9. The molecule has 1 fully saturated rings. The molecule has 2 heterocycles. The van der Waals surface area contributed by atoms with Gasteiger partial charge in [0, 0.05) is 31.4 Å². The first-order valence-electron chi connectivity index (χ1n) is 7.46. The molecule has 2 unspecified atom stereocenters. The van der Waals surface area contributed by atoms with Gasteiger partial charge in [0.05, 0.1) is 12.3 Å². The van der Waals surface area contributed by atoms with E-state index in [1.165, 1.54) is 12.0 Å². The molecule has 1 N–H and O–H groups in total. The van der Waals surface area contributed by atoms with E-state index in [2.05, 4.69) is 30.0 Å². The van der Waals surface area contributed by atoms with Gasteiger partial charge in [-0.15, -0.1) is 0 Å². The number of piperidine rings is 1. The van der Waals surface area contributed by atoms with Crippen LogP contribution in [0.15, 0.2) is 12.4 Å². The van der Waals surface area contributed by atoms with Crippen molar-refractivity contribution >= 4 is 0 Å². The second-order valence-electron chi connectivity index (χ2n) is 6.34. The summed E-state index contributed by atoms with van der Waals surface area (Å²) in [6.07, 6.45) is 6.29. The summed E-state index contributed by atoms with van der Waals surface area (Å²) in [7, 11) is 0. The quantitative estimate of drug-likeness (QED) is 0.887. The molecule has 1 aromatic rings. The van der Waals surface area contributed by atoms with Crippen LogP contribution in [-0.2, 0) is 13.1 Å². The smallest absolute Gasteiger partial charge is 0.0552 e. The van der Waals surface area contributed by atoms with Crippen molar-refractivity contribution in [3.8, 4) is 0 Å². The molecule has 0 bridgehead atoms.